The molecule has 2 heterocycles. The predicted molar refractivity (Wildman–Crippen MR) is 114 cm³/mol. The van der Waals surface area contributed by atoms with E-state index in [9.17, 15) is 4.79 Å². The van der Waals surface area contributed by atoms with Crippen molar-refractivity contribution in [3.8, 4) is 11.4 Å². The van der Waals surface area contributed by atoms with Gasteiger partial charge in [-0.1, -0.05) is 22.9 Å². The van der Waals surface area contributed by atoms with Gasteiger partial charge in [-0.05, 0) is 61.2 Å². The normalized spacial score (nSPS) is 11.1. The van der Waals surface area contributed by atoms with E-state index >= 15 is 0 Å². The molecule has 0 bridgehead atoms. The van der Waals surface area contributed by atoms with E-state index in [1.165, 1.54) is 23.1 Å². The second-order valence-electron chi connectivity index (χ2n) is 5.92. The molecule has 9 heteroatoms. The molecule has 4 aromatic rings. The van der Waals surface area contributed by atoms with Gasteiger partial charge in [0.15, 0.2) is 10.3 Å². The summed E-state index contributed by atoms with van der Waals surface area (Å²) in [6.07, 6.45) is 0. The van der Waals surface area contributed by atoms with E-state index in [-0.39, 0.29) is 5.56 Å². The summed E-state index contributed by atoms with van der Waals surface area (Å²) in [5.74, 6) is 0.703. The molecular weight excluding hydrogens is 416 g/mol. The minimum atomic E-state index is -0.199. The number of nitrogen functional groups attached to an aromatic ring is 1. The Morgan fingerprint density at radius 1 is 1.18 bits per heavy atom. The summed E-state index contributed by atoms with van der Waals surface area (Å²) in [6.45, 7) is 1.88. The fourth-order valence-corrected chi connectivity index (χ4v) is 4.91. The summed E-state index contributed by atoms with van der Waals surface area (Å²) in [6, 6.07) is 12.3. The van der Waals surface area contributed by atoms with E-state index in [0.29, 0.717) is 37.7 Å². The van der Waals surface area contributed by atoms with Gasteiger partial charge < -0.3 is 10.5 Å². The first-order valence-corrected chi connectivity index (χ1v) is 10.2. The molecule has 0 aliphatic heterocycles. The highest BCUT2D eigenvalue weighted by Gasteiger charge is 2.17. The van der Waals surface area contributed by atoms with Crippen molar-refractivity contribution in [2.75, 3.05) is 12.8 Å². The highest BCUT2D eigenvalue weighted by molar-refractivity contribution is 8.01. The summed E-state index contributed by atoms with van der Waals surface area (Å²) in [4.78, 5) is 22.3. The lowest BCUT2D eigenvalue weighted by atomic mass is 10.2. The predicted octanol–water partition coefficient (Wildman–Crippen LogP) is 4.55. The number of thiazole rings is 1. The molecule has 0 atom stereocenters. The first kappa shape index (κ1) is 18.8. The van der Waals surface area contributed by atoms with E-state index in [1.807, 2.05) is 19.1 Å². The van der Waals surface area contributed by atoms with Crippen LogP contribution in [0, 0.1) is 6.92 Å². The van der Waals surface area contributed by atoms with Gasteiger partial charge in [-0.25, -0.2) is 9.97 Å². The minimum Gasteiger partial charge on any atom is -0.497 e. The van der Waals surface area contributed by atoms with Gasteiger partial charge in [0.1, 0.15) is 5.75 Å². The Hall–Kier alpha value is -2.55. The molecule has 0 unspecified atom stereocenters. The summed E-state index contributed by atoms with van der Waals surface area (Å²) in [5.41, 5.74) is 7.69. The Morgan fingerprint density at radius 3 is 2.57 bits per heavy atom. The lowest BCUT2D eigenvalue weighted by Crippen LogP contribution is -2.21. The second kappa shape index (κ2) is 7.46. The Balaban J connectivity index is 1.96. The third-order valence-corrected chi connectivity index (χ3v) is 6.54. The number of anilines is 1. The van der Waals surface area contributed by atoms with Crippen LogP contribution in [0.3, 0.4) is 0 Å². The average Bonchev–Trinajstić information content (AvgIpc) is 3.00. The zero-order valence-corrected chi connectivity index (χ0v) is 17.4. The highest BCUT2D eigenvalue weighted by Crippen LogP contribution is 2.36. The van der Waals surface area contributed by atoms with Crippen LogP contribution in [0.1, 0.15) is 5.69 Å². The molecule has 0 fully saturated rings. The Bertz CT molecular complexity index is 1240. The third kappa shape index (κ3) is 3.46. The van der Waals surface area contributed by atoms with Crippen molar-refractivity contribution in [1.29, 1.82) is 0 Å². The van der Waals surface area contributed by atoms with Gasteiger partial charge in [0.25, 0.3) is 5.56 Å². The van der Waals surface area contributed by atoms with Gasteiger partial charge in [0.05, 0.1) is 33.6 Å². The van der Waals surface area contributed by atoms with Crippen molar-refractivity contribution in [2.45, 2.75) is 16.3 Å². The number of benzene rings is 2. The van der Waals surface area contributed by atoms with Crippen molar-refractivity contribution in [2.24, 2.45) is 0 Å². The zero-order valence-electron chi connectivity index (χ0n) is 15.0. The molecule has 142 valence electrons. The number of ether oxygens (including phenoxy) is 1. The maximum absolute atomic E-state index is 13.3. The standard InChI is InChI=1S/C19H15ClN4O2S2/c1-10-17(27-18(21)22-10)28-19-23-15-8-3-11(20)9-14(15)16(25)24(19)12-4-6-13(26-2)7-5-12/h3-9H,1-2H3,(H2,21,22). The molecule has 0 spiro atoms. The Labute approximate surface area is 174 Å². The Morgan fingerprint density at radius 2 is 1.93 bits per heavy atom. The fraction of sp³-hybridized carbons (Fsp3) is 0.105. The summed E-state index contributed by atoms with van der Waals surface area (Å²) in [5, 5.41) is 1.94. The van der Waals surface area contributed by atoms with E-state index in [0.717, 1.165) is 9.90 Å². The number of fused-ring (bicyclic) bond motifs is 1. The minimum absolute atomic E-state index is 0.199. The molecule has 2 N–H and O–H groups in total. The van der Waals surface area contributed by atoms with Crippen LogP contribution in [0.15, 0.2) is 56.6 Å². The molecule has 6 nitrogen and oxygen atoms in total. The van der Waals surface area contributed by atoms with Crippen LogP contribution < -0.4 is 16.0 Å². The fourth-order valence-electron chi connectivity index (χ4n) is 2.75. The van der Waals surface area contributed by atoms with Gasteiger partial charge in [-0.2, -0.15) is 0 Å². The number of nitrogens with two attached hydrogens (primary N) is 1. The molecule has 28 heavy (non-hydrogen) atoms. The van der Waals surface area contributed by atoms with E-state index in [2.05, 4.69) is 4.98 Å². The van der Waals surface area contributed by atoms with Gasteiger partial charge in [0, 0.05) is 5.02 Å². The van der Waals surface area contributed by atoms with Crippen molar-refractivity contribution in [1.82, 2.24) is 14.5 Å². The molecule has 0 aliphatic rings. The van der Waals surface area contributed by atoms with Crippen LogP contribution in [0.25, 0.3) is 16.6 Å². The summed E-state index contributed by atoms with van der Waals surface area (Å²) in [7, 11) is 1.60. The molecule has 4 rings (SSSR count). The number of halogens is 1. The van der Waals surface area contributed by atoms with Crippen LogP contribution in [-0.4, -0.2) is 21.6 Å². The topological polar surface area (TPSA) is 83.0 Å². The molecular formula is C19H15ClN4O2S2. The molecule has 0 aliphatic carbocycles. The number of rotatable bonds is 4. The second-order valence-corrected chi connectivity index (χ2v) is 8.62. The number of aromatic nitrogens is 3. The van der Waals surface area contributed by atoms with Crippen LogP contribution in [0.5, 0.6) is 5.75 Å². The van der Waals surface area contributed by atoms with Gasteiger partial charge in [-0.15, -0.1) is 0 Å². The zero-order chi connectivity index (χ0) is 19.8. The number of aryl methyl sites for hydroxylation is 1. The van der Waals surface area contributed by atoms with E-state index < -0.39 is 0 Å². The van der Waals surface area contributed by atoms with Crippen molar-refractivity contribution >= 4 is 50.7 Å². The lowest BCUT2D eigenvalue weighted by Gasteiger charge is -2.13. The first-order chi connectivity index (χ1) is 13.5. The number of methoxy groups -OCH3 is 1. The quantitative estimate of drug-likeness (QED) is 0.478. The number of nitrogens with zero attached hydrogens (tertiary/aromatic N) is 3. The molecule has 0 amide bonds. The maximum atomic E-state index is 13.3. The van der Waals surface area contributed by atoms with Crippen LogP contribution in [0.4, 0.5) is 5.13 Å². The Kier molecular flexibility index (Phi) is 5.01. The van der Waals surface area contributed by atoms with Crippen molar-refractivity contribution in [3.63, 3.8) is 0 Å². The van der Waals surface area contributed by atoms with Gasteiger partial charge >= 0.3 is 0 Å². The third-order valence-electron chi connectivity index (χ3n) is 4.08. The molecule has 2 aromatic carbocycles. The smallest absolute Gasteiger partial charge is 0.266 e. The molecule has 0 radical (unpaired) electrons. The van der Waals surface area contributed by atoms with Crippen LogP contribution in [0.2, 0.25) is 5.02 Å². The highest BCUT2D eigenvalue weighted by atomic mass is 35.5. The van der Waals surface area contributed by atoms with E-state index in [4.69, 9.17) is 27.1 Å². The molecule has 0 saturated carbocycles. The monoisotopic (exact) mass is 430 g/mol. The first-order valence-electron chi connectivity index (χ1n) is 8.24. The van der Waals surface area contributed by atoms with E-state index in [1.54, 1.807) is 42.0 Å². The van der Waals surface area contributed by atoms with Gasteiger partial charge in [0.2, 0.25) is 0 Å². The average molecular weight is 431 g/mol. The van der Waals surface area contributed by atoms with Crippen molar-refractivity contribution < 1.29 is 4.74 Å². The van der Waals surface area contributed by atoms with Gasteiger partial charge in [-0.3, -0.25) is 9.36 Å². The SMILES string of the molecule is COc1ccc(-n2c(Sc3sc(N)nc3C)nc3ccc(Cl)cc3c2=O)cc1. The maximum Gasteiger partial charge on any atom is 0.266 e. The van der Waals surface area contributed by atoms with Crippen LogP contribution in [-0.2, 0) is 0 Å². The number of hydrogen-bond donors (Lipinski definition) is 1. The van der Waals surface area contributed by atoms with Crippen LogP contribution >= 0.6 is 34.7 Å². The largest absolute Gasteiger partial charge is 0.497 e. The molecule has 0 saturated heterocycles. The summed E-state index contributed by atoms with van der Waals surface area (Å²) >= 11 is 8.83. The molecule has 2 aromatic heterocycles. The number of hydrogen-bond acceptors (Lipinski definition) is 7. The van der Waals surface area contributed by atoms with Crippen molar-refractivity contribution in [3.05, 3.63) is 63.5 Å². The summed E-state index contributed by atoms with van der Waals surface area (Å²) < 4.78 is 7.68. The lowest BCUT2D eigenvalue weighted by molar-refractivity contribution is 0.414.